The minimum atomic E-state index is 0.555. The second-order valence-corrected chi connectivity index (χ2v) is 5.39. The van der Waals surface area contributed by atoms with Crippen LogP contribution in [-0.4, -0.2) is 20.3 Å². The van der Waals surface area contributed by atoms with E-state index in [4.69, 9.17) is 14.2 Å². The van der Waals surface area contributed by atoms with Gasteiger partial charge in [-0.1, -0.05) is 13.0 Å². The third kappa shape index (κ3) is 5.02. The minimum Gasteiger partial charge on any atom is -0.497 e. The molecule has 4 nitrogen and oxygen atoms in total. The molecule has 0 aromatic heterocycles. The molecule has 0 aliphatic rings. The molecule has 0 saturated heterocycles. The van der Waals surface area contributed by atoms with Gasteiger partial charge in [0, 0.05) is 0 Å². The van der Waals surface area contributed by atoms with E-state index in [0.29, 0.717) is 24.5 Å². The number of allylic oxidation sites excluding steroid dienone is 1. The monoisotopic (exact) mass is 337 g/mol. The number of methoxy groups -OCH3 is 1. The zero-order valence-electron chi connectivity index (χ0n) is 14.9. The highest BCUT2D eigenvalue weighted by molar-refractivity contribution is 5.89. The van der Waals surface area contributed by atoms with E-state index in [1.54, 1.807) is 7.11 Å². The molecule has 0 amide bonds. The van der Waals surface area contributed by atoms with Crippen LogP contribution in [0.15, 0.2) is 42.5 Å². The summed E-state index contributed by atoms with van der Waals surface area (Å²) < 4.78 is 16.5. The van der Waals surface area contributed by atoms with Crippen LogP contribution in [0.5, 0.6) is 17.2 Å². The Morgan fingerprint density at radius 2 is 1.80 bits per heavy atom. The molecule has 0 fully saturated rings. The summed E-state index contributed by atoms with van der Waals surface area (Å²) >= 11 is 0. The Kier molecular flexibility index (Phi) is 6.91. The van der Waals surface area contributed by atoms with Crippen molar-refractivity contribution in [1.82, 2.24) is 0 Å². The molecule has 0 atom stereocenters. The Morgan fingerprint density at radius 1 is 1.04 bits per heavy atom. The molecule has 0 aliphatic carbocycles. The average Bonchev–Trinajstić information content (AvgIpc) is 2.66. The van der Waals surface area contributed by atoms with Gasteiger partial charge in [-0.25, -0.2) is 0 Å². The first-order valence-corrected chi connectivity index (χ1v) is 8.37. The quantitative estimate of drug-likeness (QED) is 0.505. The van der Waals surface area contributed by atoms with Crippen LogP contribution < -0.4 is 14.2 Å². The number of ether oxygens (including phenoxy) is 3. The van der Waals surface area contributed by atoms with Gasteiger partial charge in [-0.05, 0) is 66.9 Å². The van der Waals surface area contributed by atoms with Crippen LogP contribution in [0.2, 0.25) is 0 Å². The fourth-order valence-corrected chi connectivity index (χ4v) is 2.33. The van der Waals surface area contributed by atoms with E-state index in [9.17, 15) is 5.26 Å². The molecule has 0 unspecified atom stereocenters. The van der Waals surface area contributed by atoms with Gasteiger partial charge in [0.1, 0.15) is 5.75 Å². The van der Waals surface area contributed by atoms with Crippen LogP contribution in [0.4, 0.5) is 0 Å². The van der Waals surface area contributed by atoms with Crippen molar-refractivity contribution in [3.63, 3.8) is 0 Å². The second kappa shape index (κ2) is 9.39. The zero-order valence-corrected chi connectivity index (χ0v) is 14.9. The number of benzene rings is 2. The summed E-state index contributed by atoms with van der Waals surface area (Å²) in [6, 6.07) is 15.4. The van der Waals surface area contributed by atoms with E-state index in [0.717, 1.165) is 29.0 Å². The van der Waals surface area contributed by atoms with Crippen molar-refractivity contribution in [3.8, 4) is 23.3 Å². The normalized spacial score (nSPS) is 10.9. The largest absolute Gasteiger partial charge is 0.497 e. The molecule has 25 heavy (non-hydrogen) atoms. The van der Waals surface area contributed by atoms with Crippen molar-refractivity contribution in [3.05, 3.63) is 53.6 Å². The zero-order chi connectivity index (χ0) is 18.1. The lowest BCUT2D eigenvalue weighted by molar-refractivity contribution is 0.277. The van der Waals surface area contributed by atoms with Gasteiger partial charge >= 0.3 is 0 Å². The third-order valence-electron chi connectivity index (χ3n) is 3.56. The van der Waals surface area contributed by atoms with Gasteiger partial charge in [-0.3, -0.25) is 0 Å². The van der Waals surface area contributed by atoms with Gasteiger partial charge in [-0.2, -0.15) is 5.26 Å². The smallest absolute Gasteiger partial charge is 0.161 e. The van der Waals surface area contributed by atoms with Crippen LogP contribution in [0.25, 0.3) is 11.6 Å². The van der Waals surface area contributed by atoms with Crippen LogP contribution in [-0.2, 0) is 0 Å². The molecule has 0 radical (unpaired) electrons. The Balaban J connectivity index is 2.32. The maximum atomic E-state index is 9.51. The van der Waals surface area contributed by atoms with E-state index in [1.807, 2.05) is 55.5 Å². The minimum absolute atomic E-state index is 0.555. The van der Waals surface area contributed by atoms with Gasteiger partial charge in [0.05, 0.1) is 32.0 Å². The van der Waals surface area contributed by atoms with Crippen molar-refractivity contribution in [1.29, 1.82) is 5.26 Å². The standard InChI is InChI=1S/C21H23NO3/c1-4-12-25-20-11-6-16(14-21(20)24-5-2)13-18(15-22)17-7-9-19(23-3)10-8-17/h6-11,13-14H,4-5,12H2,1-3H3/b18-13+. The van der Waals surface area contributed by atoms with Gasteiger partial charge < -0.3 is 14.2 Å². The molecule has 130 valence electrons. The summed E-state index contributed by atoms with van der Waals surface area (Å²) in [6.45, 7) is 5.19. The highest BCUT2D eigenvalue weighted by Gasteiger charge is 2.07. The fourth-order valence-electron chi connectivity index (χ4n) is 2.33. The molecule has 0 bridgehead atoms. The predicted octanol–water partition coefficient (Wildman–Crippen LogP) is 4.95. The third-order valence-corrected chi connectivity index (χ3v) is 3.56. The van der Waals surface area contributed by atoms with Crippen molar-refractivity contribution < 1.29 is 14.2 Å². The Morgan fingerprint density at radius 3 is 2.40 bits per heavy atom. The van der Waals surface area contributed by atoms with Crippen LogP contribution >= 0.6 is 0 Å². The molecule has 0 heterocycles. The van der Waals surface area contributed by atoms with Crippen molar-refractivity contribution >= 4 is 11.6 Å². The number of nitriles is 1. The summed E-state index contributed by atoms with van der Waals surface area (Å²) in [7, 11) is 1.62. The Bertz CT molecular complexity index is 758. The SMILES string of the molecule is CCCOc1ccc(/C=C(\C#N)c2ccc(OC)cc2)cc1OCC. The van der Waals surface area contributed by atoms with Gasteiger partial charge in [0.15, 0.2) is 11.5 Å². The molecule has 2 rings (SSSR count). The van der Waals surface area contributed by atoms with Crippen molar-refractivity contribution in [2.75, 3.05) is 20.3 Å². The summed E-state index contributed by atoms with van der Waals surface area (Å²) in [5, 5.41) is 9.51. The van der Waals surface area contributed by atoms with E-state index >= 15 is 0 Å². The van der Waals surface area contributed by atoms with Crippen LogP contribution in [0.1, 0.15) is 31.4 Å². The van der Waals surface area contributed by atoms with E-state index < -0.39 is 0 Å². The number of nitrogens with zero attached hydrogens (tertiary/aromatic N) is 1. The van der Waals surface area contributed by atoms with Crippen molar-refractivity contribution in [2.45, 2.75) is 20.3 Å². The summed E-state index contributed by atoms with van der Waals surface area (Å²) in [5.41, 5.74) is 2.31. The molecule has 2 aromatic rings. The molecule has 0 saturated carbocycles. The van der Waals surface area contributed by atoms with Crippen LogP contribution in [0.3, 0.4) is 0 Å². The highest BCUT2D eigenvalue weighted by atomic mass is 16.5. The van der Waals surface area contributed by atoms with Gasteiger partial charge in [0.25, 0.3) is 0 Å². The second-order valence-electron chi connectivity index (χ2n) is 5.39. The maximum Gasteiger partial charge on any atom is 0.161 e. The number of rotatable bonds is 8. The summed E-state index contributed by atoms with van der Waals surface area (Å²) in [6.07, 6.45) is 2.77. The molecule has 4 heteroatoms. The maximum absolute atomic E-state index is 9.51. The van der Waals surface area contributed by atoms with Crippen LogP contribution in [0, 0.1) is 11.3 Å². The fraction of sp³-hybridized carbons (Fsp3) is 0.286. The first kappa shape index (κ1) is 18.4. The first-order valence-electron chi connectivity index (χ1n) is 8.37. The lowest BCUT2D eigenvalue weighted by atomic mass is 10.0. The van der Waals surface area contributed by atoms with E-state index in [-0.39, 0.29) is 0 Å². The number of hydrogen-bond donors (Lipinski definition) is 0. The number of hydrogen-bond acceptors (Lipinski definition) is 4. The molecule has 2 aromatic carbocycles. The highest BCUT2D eigenvalue weighted by Crippen LogP contribution is 2.30. The lowest BCUT2D eigenvalue weighted by Crippen LogP contribution is -2.00. The Labute approximate surface area is 149 Å². The summed E-state index contributed by atoms with van der Waals surface area (Å²) in [4.78, 5) is 0. The molecular formula is C21H23NO3. The van der Waals surface area contributed by atoms with Gasteiger partial charge in [-0.15, -0.1) is 0 Å². The van der Waals surface area contributed by atoms with E-state index in [1.165, 1.54) is 0 Å². The first-order chi connectivity index (χ1) is 12.2. The molecule has 0 spiro atoms. The topological polar surface area (TPSA) is 51.5 Å². The van der Waals surface area contributed by atoms with Gasteiger partial charge in [0.2, 0.25) is 0 Å². The molecule has 0 N–H and O–H groups in total. The lowest BCUT2D eigenvalue weighted by Gasteiger charge is -2.12. The van der Waals surface area contributed by atoms with E-state index in [2.05, 4.69) is 13.0 Å². The average molecular weight is 337 g/mol. The Hall–Kier alpha value is -2.93. The predicted molar refractivity (Wildman–Crippen MR) is 99.9 cm³/mol. The summed E-state index contributed by atoms with van der Waals surface area (Å²) in [5.74, 6) is 2.18. The van der Waals surface area contributed by atoms with Crippen molar-refractivity contribution in [2.24, 2.45) is 0 Å². The molecular weight excluding hydrogens is 314 g/mol. The molecule has 0 aliphatic heterocycles.